The van der Waals surface area contributed by atoms with E-state index in [0.717, 1.165) is 30.2 Å². The molecule has 3 aromatic heterocycles. The first-order chi connectivity index (χ1) is 12.7. The SMILES string of the molecule is O=C(CSc1nnc(Cc2cccs2)n1C1CC1)Nc1ccc(Cl)cn1. The van der Waals surface area contributed by atoms with Gasteiger partial charge in [0.15, 0.2) is 5.16 Å². The van der Waals surface area contributed by atoms with E-state index in [1.807, 2.05) is 6.07 Å². The molecule has 0 spiro atoms. The van der Waals surface area contributed by atoms with E-state index in [9.17, 15) is 4.79 Å². The van der Waals surface area contributed by atoms with Crippen molar-refractivity contribution in [2.75, 3.05) is 11.1 Å². The molecule has 0 saturated heterocycles. The van der Waals surface area contributed by atoms with Crippen LogP contribution in [0.1, 0.15) is 29.6 Å². The standard InChI is InChI=1S/C17H16ClN5OS2/c18-11-3-6-14(19-9-11)20-16(24)10-26-17-22-21-15(23(17)12-4-5-12)8-13-2-1-7-25-13/h1-3,6-7,9,12H,4-5,8,10H2,(H,19,20,24). The van der Waals surface area contributed by atoms with Gasteiger partial charge in [-0.1, -0.05) is 29.4 Å². The molecule has 4 rings (SSSR count). The Morgan fingerprint density at radius 3 is 2.92 bits per heavy atom. The fraction of sp³-hybridized carbons (Fsp3) is 0.294. The molecule has 0 aliphatic heterocycles. The van der Waals surface area contributed by atoms with Gasteiger partial charge in [0.2, 0.25) is 5.91 Å². The molecule has 6 nitrogen and oxygen atoms in total. The molecule has 0 radical (unpaired) electrons. The summed E-state index contributed by atoms with van der Waals surface area (Å²) in [7, 11) is 0. The van der Waals surface area contributed by atoms with Crippen LogP contribution in [0, 0.1) is 0 Å². The second-order valence-corrected chi connectivity index (χ2v) is 8.37. The maximum absolute atomic E-state index is 12.2. The second kappa shape index (κ2) is 7.77. The number of thiophene rings is 1. The molecule has 1 N–H and O–H groups in total. The highest BCUT2D eigenvalue weighted by Crippen LogP contribution is 2.39. The largest absolute Gasteiger partial charge is 0.310 e. The van der Waals surface area contributed by atoms with Crippen LogP contribution >= 0.6 is 34.7 Å². The number of rotatable bonds is 7. The van der Waals surface area contributed by atoms with Crippen LogP contribution in [0.5, 0.6) is 0 Å². The van der Waals surface area contributed by atoms with Crippen molar-refractivity contribution in [2.24, 2.45) is 0 Å². The summed E-state index contributed by atoms with van der Waals surface area (Å²) in [5.74, 6) is 1.59. The summed E-state index contributed by atoms with van der Waals surface area (Å²) in [6.45, 7) is 0. The summed E-state index contributed by atoms with van der Waals surface area (Å²) in [4.78, 5) is 17.5. The summed E-state index contributed by atoms with van der Waals surface area (Å²) in [5, 5.41) is 14.8. The normalized spacial score (nSPS) is 13.7. The van der Waals surface area contributed by atoms with Gasteiger partial charge in [-0.3, -0.25) is 4.79 Å². The second-order valence-electron chi connectivity index (χ2n) is 5.95. The minimum atomic E-state index is -0.130. The summed E-state index contributed by atoms with van der Waals surface area (Å²) < 4.78 is 2.19. The third-order valence-corrected chi connectivity index (χ3v) is 5.93. The molecule has 1 fully saturated rings. The van der Waals surface area contributed by atoms with E-state index < -0.39 is 0 Å². The van der Waals surface area contributed by atoms with Crippen LogP contribution in [0.4, 0.5) is 5.82 Å². The van der Waals surface area contributed by atoms with Crippen LogP contribution in [-0.2, 0) is 11.2 Å². The number of aromatic nitrogens is 4. The van der Waals surface area contributed by atoms with E-state index in [1.54, 1.807) is 23.5 Å². The molecule has 3 heterocycles. The predicted molar refractivity (Wildman–Crippen MR) is 104 cm³/mol. The average molecular weight is 406 g/mol. The Bertz CT molecular complexity index is 891. The Morgan fingerprint density at radius 1 is 1.35 bits per heavy atom. The molecule has 9 heteroatoms. The first-order valence-corrected chi connectivity index (χ1v) is 10.4. The zero-order valence-corrected chi connectivity index (χ0v) is 16.2. The number of nitrogens with zero attached hydrogens (tertiary/aromatic N) is 4. The smallest absolute Gasteiger partial charge is 0.236 e. The third kappa shape index (κ3) is 4.25. The molecular weight excluding hydrogens is 390 g/mol. The van der Waals surface area contributed by atoms with Crippen LogP contribution in [-0.4, -0.2) is 31.4 Å². The van der Waals surface area contributed by atoms with Gasteiger partial charge in [0.1, 0.15) is 11.6 Å². The van der Waals surface area contributed by atoms with Gasteiger partial charge in [-0.2, -0.15) is 0 Å². The van der Waals surface area contributed by atoms with Crippen LogP contribution in [0.15, 0.2) is 41.0 Å². The molecule has 1 amide bonds. The number of carbonyl (C=O) groups excluding carboxylic acids is 1. The minimum Gasteiger partial charge on any atom is -0.310 e. The lowest BCUT2D eigenvalue weighted by Gasteiger charge is -2.08. The third-order valence-electron chi connectivity index (χ3n) is 3.89. The number of carbonyl (C=O) groups is 1. The number of hydrogen-bond acceptors (Lipinski definition) is 6. The summed E-state index contributed by atoms with van der Waals surface area (Å²) in [6, 6.07) is 7.98. The molecule has 26 heavy (non-hydrogen) atoms. The van der Waals surface area contributed by atoms with E-state index in [-0.39, 0.29) is 11.7 Å². The molecule has 1 aliphatic carbocycles. The molecule has 3 aromatic rings. The molecule has 134 valence electrons. The molecule has 0 unspecified atom stereocenters. The van der Waals surface area contributed by atoms with Gasteiger partial charge >= 0.3 is 0 Å². The Labute approximate surface area is 164 Å². The number of nitrogens with one attached hydrogen (secondary N) is 1. The number of hydrogen-bond donors (Lipinski definition) is 1. The van der Waals surface area contributed by atoms with Gasteiger partial charge in [-0.25, -0.2) is 4.98 Å². The minimum absolute atomic E-state index is 0.130. The lowest BCUT2D eigenvalue weighted by atomic mass is 10.3. The average Bonchev–Trinajstić information content (AvgIpc) is 3.18. The number of thioether (sulfide) groups is 1. The van der Waals surface area contributed by atoms with E-state index in [4.69, 9.17) is 11.6 Å². The van der Waals surface area contributed by atoms with Crippen molar-refractivity contribution < 1.29 is 4.79 Å². The highest BCUT2D eigenvalue weighted by Gasteiger charge is 2.29. The van der Waals surface area contributed by atoms with Gasteiger partial charge in [-0.05, 0) is 36.4 Å². The van der Waals surface area contributed by atoms with Crippen molar-refractivity contribution in [1.82, 2.24) is 19.7 Å². The number of anilines is 1. The summed E-state index contributed by atoms with van der Waals surface area (Å²) in [6.07, 6.45) is 4.57. The van der Waals surface area contributed by atoms with Gasteiger partial charge in [-0.15, -0.1) is 21.5 Å². The van der Waals surface area contributed by atoms with E-state index in [2.05, 4.69) is 36.5 Å². The van der Waals surface area contributed by atoms with Crippen LogP contribution in [0.25, 0.3) is 0 Å². The van der Waals surface area contributed by atoms with Gasteiger partial charge in [0.05, 0.1) is 10.8 Å². The zero-order chi connectivity index (χ0) is 17.9. The van der Waals surface area contributed by atoms with Crippen LogP contribution < -0.4 is 5.32 Å². The Kier molecular flexibility index (Phi) is 5.23. The Hall–Kier alpha value is -1.90. The monoisotopic (exact) mass is 405 g/mol. The highest BCUT2D eigenvalue weighted by atomic mass is 35.5. The van der Waals surface area contributed by atoms with Gasteiger partial charge in [0.25, 0.3) is 0 Å². The highest BCUT2D eigenvalue weighted by molar-refractivity contribution is 7.99. The van der Waals surface area contributed by atoms with Crippen LogP contribution in [0.2, 0.25) is 5.02 Å². The predicted octanol–water partition coefficient (Wildman–Crippen LogP) is 4.04. The van der Waals surface area contributed by atoms with Gasteiger partial charge in [0, 0.05) is 23.5 Å². The van der Waals surface area contributed by atoms with Gasteiger partial charge < -0.3 is 9.88 Å². The summed E-state index contributed by atoms with van der Waals surface area (Å²) in [5.41, 5.74) is 0. The molecular formula is C17H16ClN5OS2. The number of pyridine rings is 1. The topological polar surface area (TPSA) is 72.7 Å². The fourth-order valence-corrected chi connectivity index (χ4v) is 4.19. The quantitative estimate of drug-likeness (QED) is 0.600. The van der Waals surface area contributed by atoms with Crippen molar-refractivity contribution in [3.05, 3.63) is 51.6 Å². The fourth-order valence-electron chi connectivity index (χ4n) is 2.55. The van der Waals surface area contributed by atoms with Crippen molar-refractivity contribution in [3.63, 3.8) is 0 Å². The number of halogens is 1. The van der Waals surface area contributed by atoms with Crippen LogP contribution in [0.3, 0.4) is 0 Å². The molecule has 0 bridgehead atoms. The molecule has 0 aromatic carbocycles. The van der Waals surface area contributed by atoms with E-state index in [1.165, 1.54) is 22.8 Å². The Balaban J connectivity index is 1.40. The van der Waals surface area contributed by atoms with Crippen molar-refractivity contribution >= 4 is 46.4 Å². The lowest BCUT2D eigenvalue weighted by Crippen LogP contribution is -2.15. The Morgan fingerprint density at radius 2 is 2.23 bits per heavy atom. The molecule has 0 atom stereocenters. The molecule has 1 saturated carbocycles. The lowest BCUT2D eigenvalue weighted by molar-refractivity contribution is -0.113. The first-order valence-electron chi connectivity index (χ1n) is 8.19. The maximum Gasteiger partial charge on any atom is 0.236 e. The van der Waals surface area contributed by atoms with E-state index >= 15 is 0 Å². The van der Waals surface area contributed by atoms with Crippen molar-refractivity contribution in [2.45, 2.75) is 30.5 Å². The van der Waals surface area contributed by atoms with Crippen molar-refractivity contribution in [1.29, 1.82) is 0 Å². The van der Waals surface area contributed by atoms with Crippen molar-refractivity contribution in [3.8, 4) is 0 Å². The zero-order valence-electron chi connectivity index (χ0n) is 13.8. The maximum atomic E-state index is 12.2. The van der Waals surface area contributed by atoms with E-state index in [0.29, 0.717) is 16.9 Å². The molecule has 1 aliphatic rings. The first kappa shape index (κ1) is 17.5. The summed E-state index contributed by atoms with van der Waals surface area (Å²) >= 11 is 8.92. The number of amides is 1.